The van der Waals surface area contributed by atoms with E-state index in [1.165, 1.54) is 5.56 Å². The number of nitrogens with one attached hydrogen (secondary N) is 1. The first-order valence-corrected chi connectivity index (χ1v) is 8.92. The van der Waals surface area contributed by atoms with Crippen LogP contribution in [0.5, 0.6) is 0 Å². The lowest BCUT2D eigenvalue weighted by Crippen LogP contribution is -2.26. The number of benzene rings is 2. The first kappa shape index (κ1) is 16.2. The second kappa shape index (κ2) is 6.30. The summed E-state index contributed by atoms with van der Waals surface area (Å²) in [5, 5.41) is 0. The molecule has 3 nitrogen and oxygen atoms in total. The van der Waals surface area contributed by atoms with E-state index in [0.29, 0.717) is 0 Å². The zero-order valence-corrected chi connectivity index (χ0v) is 14.6. The lowest BCUT2D eigenvalue weighted by Gasteiger charge is -2.16. The minimum Gasteiger partial charge on any atom is -0.207 e. The van der Waals surface area contributed by atoms with E-state index in [1.807, 2.05) is 39.0 Å². The number of halogens is 1. The van der Waals surface area contributed by atoms with Crippen molar-refractivity contribution < 1.29 is 8.42 Å². The Morgan fingerprint density at radius 3 is 2.19 bits per heavy atom. The fourth-order valence-corrected chi connectivity index (χ4v) is 3.51. The van der Waals surface area contributed by atoms with Gasteiger partial charge in [-0.25, -0.2) is 13.1 Å². The fraction of sp³-hybridized carbons (Fsp3) is 0.250. The van der Waals surface area contributed by atoms with Gasteiger partial charge >= 0.3 is 0 Å². The largest absolute Gasteiger partial charge is 0.241 e. The number of sulfonamides is 1. The molecule has 0 spiro atoms. The molecule has 2 aromatic carbocycles. The Morgan fingerprint density at radius 2 is 1.62 bits per heavy atom. The maximum atomic E-state index is 12.4. The molecule has 112 valence electrons. The number of hydrogen-bond donors (Lipinski definition) is 1. The molecule has 5 heteroatoms. The minimum absolute atomic E-state index is 0.265. The van der Waals surface area contributed by atoms with Crippen LogP contribution in [-0.2, 0) is 10.0 Å². The summed E-state index contributed by atoms with van der Waals surface area (Å²) < 4.78 is 28.3. The van der Waals surface area contributed by atoms with Crippen LogP contribution in [0.3, 0.4) is 0 Å². The summed E-state index contributed by atoms with van der Waals surface area (Å²) in [4.78, 5) is 0.265. The van der Waals surface area contributed by atoms with E-state index in [2.05, 4.69) is 20.7 Å². The fourth-order valence-electron chi connectivity index (χ4n) is 2.02. The monoisotopic (exact) mass is 367 g/mol. The van der Waals surface area contributed by atoms with Gasteiger partial charge < -0.3 is 0 Å². The van der Waals surface area contributed by atoms with Crippen LogP contribution in [0.15, 0.2) is 51.8 Å². The highest BCUT2D eigenvalue weighted by atomic mass is 79.9. The van der Waals surface area contributed by atoms with Gasteiger partial charge in [0.05, 0.1) is 4.90 Å². The molecule has 0 saturated carbocycles. The van der Waals surface area contributed by atoms with E-state index in [0.717, 1.165) is 15.6 Å². The van der Waals surface area contributed by atoms with Crippen LogP contribution in [-0.4, -0.2) is 8.42 Å². The molecule has 0 aliphatic rings. The average Bonchev–Trinajstić information content (AvgIpc) is 2.41. The molecule has 1 N–H and O–H groups in total. The molecule has 0 aromatic heterocycles. The molecule has 0 aliphatic carbocycles. The lowest BCUT2D eigenvalue weighted by atomic mass is 10.0. The third-order valence-corrected chi connectivity index (χ3v) is 5.57. The topological polar surface area (TPSA) is 46.2 Å². The average molecular weight is 368 g/mol. The van der Waals surface area contributed by atoms with E-state index in [-0.39, 0.29) is 10.9 Å². The number of rotatable bonds is 4. The highest BCUT2D eigenvalue weighted by Crippen LogP contribution is 2.20. The molecule has 0 heterocycles. The quantitative estimate of drug-likeness (QED) is 0.883. The standard InChI is InChI=1S/C16H18BrNO2S/c1-11-4-5-14(10-12(11)2)13(3)18-21(19,20)16-8-6-15(17)7-9-16/h4-10,13,18H,1-3H3. The maximum Gasteiger partial charge on any atom is 0.241 e. The summed E-state index contributed by atoms with van der Waals surface area (Å²) >= 11 is 3.30. The van der Waals surface area contributed by atoms with Crippen molar-refractivity contribution in [3.8, 4) is 0 Å². The van der Waals surface area contributed by atoms with Crippen molar-refractivity contribution in [2.75, 3.05) is 0 Å². The molecule has 1 atom stereocenters. The van der Waals surface area contributed by atoms with Gasteiger partial charge in [-0.1, -0.05) is 34.1 Å². The Balaban J connectivity index is 2.23. The molecular formula is C16H18BrNO2S. The number of aryl methyl sites for hydroxylation is 2. The van der Waals surface area contributed by atoms with Crippen molar-refractivity contribution >= 4 is 26.0 Å². The molecular weight excluding hydrogens is 350 g/mol. The SMILES string of the molecule is Cc1ccc(C(C)NS(=O)(=O)c2ccc(Br)cc2)cc1C. The minimum atomic E-state index is -3.52. The van der Waals surface area contributed by atoms with Gasteiger partial charge in [0.25, 0.3) is 0 Å². The van der Waals surface area contributed by atoms with Crippen molar-refractivity contribution in [1.82, 2.24) is 4.72 Å². The summed E-state index contributed by atoms with van der Waals surface area (Å²) in [6.07, 6.45) is 0. The Bertz CT molecular complexity index is 739. The molecule has 2 aromatic rings. The molecule has 0 radical (unpaired) electrons. The smallest absolute Gasteiger partial charge is 0.207 e. The van der Waals surface area contributed by atoms with Crippen molar-refractivity contribution in [1.29, 1.82) is 0 Å². The van der Waals surface area contributed by atoms with E-state index in [4.69, 9.17) is 0 Å². The van der Waals surface area contributed by atoms with Crippen molar-refractivity contribution in [3.63, 3.8) is 0 Å². The summed E-state index contributed by atoms with van der Waals surface area (Å²) in [6.45, 7) is 5.91. The second-order valence-corrected chi connectivity index (χ2v) is 7.77. The highest BCUT2D eigenvalue weighted by Gasteiger charge is 2.18. The summed E-state index contributed by atoms with van der Waals surface area (Å²) in [7, 11) is -3.52. The molecule has 0 saturated heterocycles. The highest BCUT2D eigenvalue weighted by molar-refractivity contribution is 9.10. The van der Waals surface area contributed by atoms with Gasteiger partial charge in [0, 0.05) is 10.5 Å². The van der Waals surface area contributed by atoms with Crippen LogP contribution in [0.1, 0.15) is 29.7 Å². The first-order valence-electron chi connectivity index (χ1n) is 6.64. The first-order chi connectivity index (χ1) is 9.79. The summed E-state index contributed by atoms with van der Waals surface area (Å²) in [6, 6.07) is 12.3. The molecule has 21 heavy (non-hydrogen) atoms. The molecule has 2 rings (SSSR count). The Morgan fingerprint density at radius 1 is 1.00 bits per heavy atom. The summed E-state index contributed by atoms with van der Waals surface area (Å²) in [5.41, 5.74) is 3.31. The normalized spacial score (nSPS) is 13.1. The Kier molecular flexibility index (Phi) is 4.86. The maximum absolute atomic E-state index is 12.4. The van der Waals surface area contributed by atoms with Crippen molar-refractivity contribution in [2.24, 2.45) is 0 Å². The van der Waals surface area contributed by atoms with Crippen LogP contribution in [0, 0.1) is 13.8 Å². The molecule has 0 amide bonds. The van der Waals surface area contributed by atoms with E-state index < -0.39 is 10.0 Å². The van der Waals surface area contributed by atoms with E-state index in [9.17, 15) is 8.42 Å². The summed E-state index contributed by atoms with van der Waals surface area (Å²) in [5.74, 6) is 0. The molecule has 0 bridgehead atoms. The molecule has 0 fully saturated rings. The molecule has 0 aliphatic heterocycles. The predicted octanol–water partition coefficient (Wildman–Crippen LogP) is 4.11. The van der Waals surface area contributed by atoms with Crippen LogP contribution < -0.4 is 4.72 Å². The third kappa shape index (κ3) is 3.93. The van der Waals surface area contributed by atoms with Gasteiger partial charge in [-0.3, -0.25) is 0 Å². The third-order valence-electron chi connectivity index (χ3n) is 3.49. The van der Waals surface area contributed by atoms with E-state index >= 15 is 0 Å². The van der Waals surface area contributed by atoms with Gasteiger partial charge in [-0.2, -0.15) is 0 Å². The second-order valence-electron chi connectivity index (χ2n) is 5.14. The van der Waals surface area contributed by atoms with Gasteiger partial charge in [-0.05, 0) is 61.7 Å². The van der Waals surface area contributed by atoms with Crippen LogP contribution in [0.4, 0.5) is 0 Å². The van der Waals surface area contributed by atoms with Gasteiger partial charge in [0.15, 0.2) is 0 Å². The Labute approximate surface area is 134 Å². The van der Waals surface area contributed by atoms with Crippen molar-refractivity contribution in [3.05, 3.63) is 63.6 Å². The van der Waals surface area contributed by atoms with Crippen molar-refractivity contribution in [2.45, 2.75) is 31.7 Å². The van der Waals surface area contributed by atoms with Crippen LogP contribution in [0.25, 0.3) is 0 Å². The zero-order chi connectivity index (χ0) is 15.6. The molecule has 1 unspecified atom stereocenters. The van der Waals surface area contributed by atoms with Gasteiger partial charge in [0.2, 0.25) is 10.0 Å². The number of hydrogen-bond acceptors (Lipinski definition) is 2. The van der Waals surface area contributed by atoms with Gasteiger partial charge in [-0.15, -0.1) is 0 Å². The predicted molar refractivity (Wildman–Crippen MR) is 88.8 cm³/mol. The van der Waals surface area contributed by atoms with Crippen LogP contribution >= 0.6 is 15.9 Å². The van der Waals surface area contributed by atoms with E-state index in [1.54, 1.807) is 24.3 Å². The lowest BCUT2D eigenvalue weighted by molar-refractivity contribution is 0.567. The van der Waals surface area contributed by atoms with Crippen LogP contribution in [0.2, 0.25) is 0 Å². The Hall–Kier alpha value is -1.17. The van der Waals surface area contributed by atoms with Gasteiger partial charge in [0.1, 0.15) is 0 Å². The zero-order valence-electron chi connectivity index (χ0n) is 12.2.